The molecule has 0 atom stereocenters. The summed E-state index contributed by atoms with van der Waals surface area (Å²) < 4.78 is 0. The molecule has 2 rings (SSSR count). The van der Waals surface area contributed by atoms with E-state index in [0.29, 0.717) is 17.1 Å². The van der Waals surface area contributed by atoms with Gasteiger partial charge < -0.3 is 10.6 Å². The molecule has 1 aromatic heterocycles. The van der Waals surface area contributed by atoms with Gasteiger partial charge in [-0.05, 0) is 24.3 Å². The fourth-order valence-electron chi connectivity index (χ4n) is 1.51. The van der Waals surface area contributed by atoms with Crippen LogP contribution in [0.4, 0.5) is 11.5 Å². The van der Waals surface area contributed by atoms with Gasteiger partial charge in [0.1, 0.15) is 5.82 Å². The molecule has 96 valence electrons. The number of nitrogens with zero attached hydrogens (tertiary/aromatic N) is 1. The first kappa shape index (κ1) is 12.8. The number of benzene rings is 1. The van der Waals surface area contributed by atoms with Crippen molar-refractivity contribution in [1.82, 2.24) is 4.98 Å². The lowest BCUT2D eigenvalue weighted by molar-refractivity contribution is -0.114. The third-order valence-electron chi connectivity index (χ3n) is 2.36. The lowest BCUT2D eigenvalue weighted by Crippen LogP contribution is -2.12. The topological polar surface area (TPSA) is 71.1 Å². The number of carbonyl (C=O) groups excluding carboxylic acids is 2. The highest BCUT2D eigenvalue weighted by Gasteiger charge is 2.05. The molecule has 0 aliphatic rings. The van der Waals surface area contributed by atoms with Crippen LogP contribution in [0.3, 0.4) is 0 Å². The van der Waals surface area contributed by atoms with Crippen LogP contribution in [0.2, 0.25) is 0 Å². The molecule has 0 fully saturated rings. The summed E-state index contributed by atoms with van der Waals surface area (Å²) in [6.07, 6.45) is 1.49. The van der Waals surface area contributed by atoms with Gasteiger partial charge in [0.15, 0.2) is 0 Å². The van der Waals surface area contributed by atoms with Crippen molar-refractivity contribution < 1.29 is 9.59 Å². The molecule has 0 saturated heterocycles. The van der Waals surface area contributed by atoms with Crippen LogP contribution in [0.25, 0.3) is 0 Å². The van der Waals surface area contributed by atoms with Gasteiger partial charge in [0, 0.05) is 12.5 Å². The number of anilines is 2. The number of pyridine rings is 1. The monoisotopic (exact) mass is 255 g/mol. The van der Waals surface area contributed by atoms with Crippen LogP contribution in [-0.2, 0) is 4.79 Å². The maximum absolute atomic E-state index is 11.9. The number of hydrogen-bond donors (Lipinski definition) is 2. The van der Waals surface area contributed by atoms with Crippen molar-refractivity contribution in [3.63, 3.8) is 0 Å². The van der Waals surface area contributed by atoms with Gasteiger partial charge in [-0.2, -0.15) is 0 Å². The van der Waals surface area contributed by atoms with E-state index in [1.807, 2.05) is 6.07 Å². The molecular weight excluding hydrogens is 242 g/mol. The molecule has 0 radical (unpaired) electrons. The van der Waals surface area contributed by atoms with E-state index in [9.17, 15) is 9.59 Å². The van der Waals surface area contributed by atoms with Crippen LogP contribution in [-0.4, -0.2) is 16.8 Å². The van der Waals surface area contributed by atoms with Crippen molar-refractivity contribution in [3.05, 3.63) is 54.2 Å². The van der Waals surface area contributed by atoms with Crippen LogP contribution >= 0.6 is 0 Å². The van der Waals surface area contributed by atoms with E-state index in [-0.39, 0.29) is 11.8 Å². The Kier molecular flexibility index (Phi) is 3.87. The Morgan fingerprint density at radius 3 is 2.32 bits per heavy atom. The Morgan fingerprint density at radius 1 is 1.00 bits per heavy atom. The predicted molar refractivity (Wildman–Crippen MR) is 72.9 cm³/mol. The Morgan fingerprint density at radius 2 is 1.74 bits per heavy atom. The summed E-state index contributed by atoms with van der Waals surface area (Å²) in [7, 11) is 0. The number of carbonyl (C=O) groups is 2. The minimum atomic E-state index is -0.199. The van der Waals surface area contributed by atoms with E-state index in [0.717, 1.165) is 0 Å². The molecule has 0 spiro atoms. The molecule has 19 heavy (non-hydrogen) atoms. The summed E-state index contributed by atoms with van der Waals surface area (Å²) in [6, 6.07) is 12.2. The van der Waals surface area contributed by atoms with Crippen molar-refractivity contribution in [2.45, 2.75) is 6.92 Å². The zero-order valence-electron chi connectivity index (χ0n) is 10.4. The molecule has 2 N–H and O–H groups in total. The van der Waals surface area contributed by atoms with Gasteiger partial charge in [0.05, 0.1) is 11.9 Å². The van der Waals surface area contributed by atoms with Crippen LogP contribution < -0.4 is 10.6 Å². The minimum absolute atomic E-state index is 0.187. The molecule has 2 aromatic rings. The van der Waals surface area contributed by atoms with Crippen molar-refractivity contribution in [3.8, 4) is 0 Å². The van der Waals surface area contributed by atoms with Gasteiger partial charge in [-0.1, -0.05) is 18.2 Å². The number of rotatable bonds is 3. The second kappa shape index (κ2) is 5.77. The summed E-state index contributed by atoms with van der Waals surface area (Å²) in [4.78, 5) is 26.7. The largest absolute Gasteiger partial charge is 0.321 e. The Bertz CT molecular complexity index is 579. The first-order valence-electron chi connectivity index (χ1n) is 5.75. The van der Waals surface area contributed by atoms with Gasteiger partial charge in [-0.25, -0.2) is 4.98 Å². The predicted octanol–water partition coefficient (Wildman–Crippen LogP) is 2.29. The summed E-state index contributed by atoms with van der Waals surface area (Å²) in [6.45, 7) is 1.41. The third-order valence-corrected chi connectivity index (χ3v) is 2.36. The molecule has 0 aliphatic heterocycles. The van der Waals surface area contributed by atoms with E-state index in [4.69, 9.17) is 0 Å². The van der Waals surface area contributed by atoms with Crippen LogP contribution in [0, 0.1) is 0 Å². The molecule has 5 heteroatoms. The molecular formula is C14H13N3O2. The summed E-state index contributed by atoms with van der Waals surface area (Å²) >= 11 is 0. The third kappa shape index (κ3) is 3.64. The molecule has 5 nitrogen and oxygen atoms in total. The van der Waals surface area contributed by atoms with Gasteiger partial charge >= 0.3 is 0 Å². The SMILES string of the molecule is CC(=O)Nc1ccc(NC(=O)c2ccccc2)cn1. The van der Waals surface area contributed by atoms with E-state index in [1.54, 1.807) is 36.4 Å². The highest BCUT2D eigenvalue weighted by Crippen LogP contribution is 2.11. The molecule has 2 amide bonds. The molecule has 0 aliphatic carbocycles. The summed E-state index contributed by atoms with van der Waals surface area (Å²) in [5.74, 6) is 0.0634. The Balaban J connectivity index is 2.04. The normalized spacial score (nSPS) is 9.74. The van der Waals surface area contributed by atoms with Gasteiger partial charge in [0.25, 0.3) is 5.91 Å². The number of amides is 2. The van der Waals surface area contributed by atoms with Gasteiger partial charge in [-0.15, -0.1) is 0 Å². The van der Waals surface area contributed by atoms with Gasteiger partial charge in [0.2, 0.25) is 5.91 Å². The molecule has 0 saturated carbocycles. The standard InChI is InChI=1S/C14H13N3O2/c1-10(18)16-13-8-7-12(9-15-13)17-14(19)11-5-3-2-4-6-11/h2-9H,1H3,(H,17,19)(H,15,16,18). The average molecular weight is 255 g/mol. The van der Waals surface area contributed by atoms with Crippen LogP contribution in [0.15, 0.2) is 48.7 Å². The second-order valence-electron chi connectivity index (χ2n) is 3.93. The highest BCUT2D eigenvalue weighted by atomic mass is 16.2. The van der Waals surface area contributed by atoms with Crippen LogP contribution in [0.1, 0.15) is 17.3 Å². The number of nitrogens with one attached hydrogen (secondary N) is 2. The zero-order valence-corrected chi connectivity index (χ0v) is 10.4. The zero-order chi connectivity index (χ0) is 13.7. The van der Waals surface area contributed by atoms with Crippen molar-refractivity contribution >= 4 is 23.3 Å². The van der Waals surface area contributed by atoms with Crippen molar-refractivity contribution in [2.75, 3.05) is 10.6 Å². The number of hydrogen-bond acceptors (Lipinski definition) is 3. The Labute approximate surface area is 110 Å². The lowest BCUT2D eigenvalue weighted by atomic mass is 10.2. The molecule has 1 heterocycles. The van der Waals surface area contributed by atoms with Crippen molar-refractivity contribution in [1.29, 1.82) is 0 Å². The summed E-state index contributed by atoms with van der Waals surface area (Å²) in [5.41, 5.74) is 1.15. The average Bonchev–Trinajstić information content (AvgIpc) is 2.41. The van der Waals surface area contributed by atoms with Gasteiger partial charge in [-0.3, -0.25) is 9.59 Å². The fraction of sp³-hybridized carbons (Fsp3) is 0.0714. The lowest BCUT2D eigenvalue weighted by Gasteiger charge is -2.06. The first-order valence-corrected chi connectivity index (χ1v) is 5.75. The smallest absolute Gasteiger partial charge is 0.255 e. The molecule has 0 bridgehead atoms. The molecule has 0 unspecified atom stereocenters. The van der Waals surface area contributed by atoms with Crippen molar-refractivity contribution in [2.24, 2.45) is 0 Å². The first-order chi connectivity index (χ1) is 9.15. The van der Waals surface area contributed by atoms with Crippen LogP contribution in [0.5, 0.6) is 0 Å². The van der Waals surface area contributed by atoms with E-state index in [1.165, 1.54) is 13.1 Å². The fourth-order valence-corrected chi connectivity index (χ4v) is 1.51. The van der Waals surface area contributed by atoms with E-state index >= 15 is 0 Å². The molecule has 1 aromatic carbocycles. The Hall–Kier alpha value is -2.69. The quantitative estimate of drug-likeness (QED) is 0.884. The highest BCUT2D eigenvalue weighted by molar-refractivity contribution is 6.04. The second-order valence-corrected chi connectivity index (χ2v) is 3.93. The number of aromatic nitrogens is 1. The maximum atomic E-state index is 11.9. The minimum Gasteiger partial charge on any atom is -0.321 e. The van der Waals surface area contributed by atoms with E-state index < -0.39 is 0 Å². The maximum Gasteiger partial charge on any atom is 0.255 e. The summed E-state index contributed by atoms with van der Waals surface area (Å²) in [5, 5.41) is 5.28. The van der Waals surface area contributed by atoms with E-state index in [2.05, 4.69) is 15.6 Å².